The Kier molecular flexibility index (Phi) is 6.07. The first-order valence-corrected chi connectivity index (χ1v) is 17.9. The predicted octanol–water partition coefficient (Wildman–Crippen LogP) is 13.6. The van der Waals surface area contributed by atoms with Gasteiger partial charge in [-0.15, -0.1) is 0 Å². The van der Waals surface area contributed by atoms with Crippen LogP contribution < -0.4 is 0 Å². The molecule has 0 amide bonds. The summed E-state index contributed by atoms with van der Waals surface area (Å²) in [5, 5.41) is 5.13. The van der Waals surface area contributed by atoms with E-state index in [1.54, 1.807) is 0 Å². The Morgan fingerprint density at radius 2 is 0.720 bits per heavy atom. The molecule has 10 rings (SSSR count). The highest BCUT2D eigenvalue weighted by Gasteiger charge is 2.41. The minimum Gasteiger partial charge on any atom is -0.0622 e. The Labute approximate surface area is 294 Å². The maximum Gasteiger partial charge on any atom is 0.0159 e. The quantitative estimate of drug-likeness (QED) is 0.169. The molecule has 0 N–H and O–H groups in total. The number of rotatable bonds is 3. The highest BCUT2D eigenvalue weighted by molar-refractivity contribution is 6.21. The Bertz CT molecular complexity index is 2630. The molecule has 8 aromatic rings. The van der Waals surface area contributed by atoms with Crippen molar-refractivity contribution in [1.82, 2.24) is 0 Å². The van der Waals surface area contributed by atoms with Crippen LogP contribution >= 0.6 is 0 Å². The monoisotopic (exact) mass is 638 g/mol. The maximum absolute atomic E-state index is 2.52. The summed E-state index contributed by atoms with van der Waals surface area (Å²) in [6.07, 6.45) is 0. The van der Waals surface area contributed by atoms with Gasteiger partial charge in [0.1, 0.15) is 0 Å². The topological polar surface area (TPSA) is 0 Å². The second-order valence-corrected chi connectivity index (χ2v) is 15.3. The van der Waals surface area contributed by atoms with Crippen molar-refractivity contribution >= 4 is 21.5 Å². The largest absolute Gasteiger partial charge is 0.0622 e. The maximum atomic E-state index is 2.52. The van der Waals surface area contributed by atoms with Crippen LogP contribution in [0.15, 0.2) is 158 Å². The lowest BCUT2D eigenvalue weighted by Crippen LogP contribution is -2.16. The summed E-state index contributed by atoms with van der Waals surface area (Å²) in [5.74, 6) is 0. The van der Waals surface area contributed by atoms with Gasteiger partial charge in [0.25, 0.3) is 0 Å². The molecule has 0 spiro atoms. The fourth-order valence-corrected chi connectivity index (χ4v) is 9.33. The third kappa shape index (κ3) is 4.00. The molecular weight excluding hydrogens is 601 g/mol. The fourth-order valence-electron chi connectivity index (χ4n) is 9.33. The average molecular weight is 639 g/mol. The lowest BCUT2D eigenvalue weighted by Gasteiger charge is -2.24. The van der Waals surface area contributed by atoms with E-state index in [1.807, 2.05) is 0 Å². The molecule has 0 heterocycles. The Morgan fingerprint density at radius 3 is 1.36 bits per heavy atom. The van der Waals surface area contributed by atoms with Crippen LogP contribution in [0, 0.1) is 0 Å². The van der Waals surface area contributed by atoms with E-state index in [2.05, 4.69) is 185 Å². The number of fused-ring (bicyclic) bond motifs is 8. The van der Waals surface area contributed by atoms with Crippen LogP contribution in [-0.2, 0) is 10.8 Å². The van der Waals surface area contributed by atoms with E-state index < -0.39 is 0 Å². The van der Waals surface area contributed by atoms with Crippen LogP contribution in [0.3, 0.4) is 0 Å². The van der Waals surface area contributed by atoms with E-state index in [0.29, 0.717) is 0 Å². The summed E-state index contributed by atoms with van der Waals surface area (Å²) in [4.78, 5) is 0. The van der Waals surface area contributed by atoms with Gasteiger partial charge in [0.05, 0.1) is 0 Å². The van der Waals surface area contributed by atoms with E-state index in [1.165, 1.54) is 99.4 Å². The second-order valence-electron chi connectivity index (χ2n) is 15.3. The van der Waals surface area contributed by atoms with Gasteiger partial charge in [-0.1, -0.05) is 161 Å². The average Bonchev–Trinajstić information content (AvgIpc) is 3.52. The highest BCUT2D eigenvalue weighted by Crippen LogP contribution is 2.56. The Hall–Kier alpha value is -5.72. The molecule has 238 valence electrons. The zero-order valence-corrected chi connectivity index (χ0v) is 29.0. The van der Waals surface area contributed by atoms with Crippen LogP contribution in [0.1, 0.15) is 49.9 Å². The zero-order valence-electron chi connectivity index (χ0n) is 29.0. The minimum absolute atomic E-state index is 0.0264. The standard InChI is InChI=1S/C50H38/c1-49(2)43-24-13-12-19-35(43)41-29-46-42(30-45(41)49)40-28-33(25-26-44(40)50(46,3)4)32-17-14-18-34(27-32)48-38-22-10-8-20-36(38)47(31-15-6-5-7-16-31)37-21-9-11-23-39(37)48/h5-30H,1-4H3. The van der Waals surface area contributed by atoms with Gasteiger partial charge in [-0.05, 0) is 124 Å². The van der Waals surface area contributed by atoms with Crippen molar-refractivity contribution in [3.8, 4) is 55.6 Å². The first kappa shape index (κ1) is 29.2. The highest BCUT2D eigenvalue weighted by atomic mass is 14.4. The number of hydrogen-bond donors (Lipinski definition) is 0. The van der Waals surface area contributed by atoms with Gasteiger partial charge in [0.2, 0.25) is 0 Å². The molecule has 0 saturated carbocycles. The Balaban J connectivity index is 1.15. The van der Waals surface area contributed by atoms with Crippen LogP contribution in [0.4, 0.5) is 0 Å². The molecule has 0 aliphatic heterocycles. The lowest BCUT2D eigenvalue weighted by molar-refractivity contribution is 0.652. The van der Waals surface area contributed by atoms with E-state index in [9.17, 15) is 0 Å². The summed E-state index contributed by atoms with van der Waals surface area (Å²) in [5.41, 5.74) is 18.7. The third-order valence-electron chi connectivity index (χ3n) is 11.9. The molecule has 8 aromatic carbocycles. The van der Waals surface area contributed by atoms with Crippen LogP contribution in [0.2, 0.25) is 0 Å². The zero-order chi connectivity index (χ0) is 33.8. The summed E-state index contributed by atoms with van der Waals surface area (Å²) in [6, 6.07) is 59.1. The van der Waals surface area contributed by atoms with Gasteiger partial charge in [-0.25, -0.2) is 0 Å². The molecule has 0 aromatic heterocycles. The van der Waals surface area contributed by atoms with Crippen molar-refractivity contribution in [3.05, 3.63) is 180 Å². The van der Waals surface area contributed by atoms with Crippen molar-refractivity contribution in [3.63, 3.8) is 0 Å². The summed E-state index contributed by atoms with van der Waals surface area (Å²) < 4.78 is 0. The van der Waals surface area contributed by atoms with Crippen LogP contribution in [0.25, 0.3) is 77.2 Å². The van der Waals surface area contributed by atoms with Crippen molar-refractivity contribution in [2.45, 2.75) is 38.5 Å². The molecule has 0 atom stereocenters. The van der Waals surface area contributed by atoms with E-state index in [-0.39, 0.29) is 10.8 Å². The van der Waals surface area contributed by atoms with Gasteiger partial charge < -0.3 is 0 Å². The predicted molar refractivity (Wildman–Crippen MR) is 213 cm³/mol. The van der Waals surface area contributed by atoms with Crippen molar-refractivity contribution in [2.75, 3.05) is 0 Å². The van der Waals surface area contributed by atoms with Gasteiger partial charge in [0, 0.05) is 10.8 Å². The molecule has 0 nitrogen and oxygen atoms in total. The molecule has 0 bridgehead atoms. The number of benzene rings is 8. The Morgan fingerprint density at radius 1 is 0.280 bits per heavy atom. The fraction of sp³-hybridized carbons (Fsp3) is 0.120. The molecule has 0 unspecified atom stereocenters. The second kappa shape index (κ2) is 10.4. The molecule has 50 heavy (non-hydrogen) atoms. The molecule has 0 heteroatoms. The van der Waals surface area contributed by atoms with E-state index in [0.717, 1.165) is 0 Å². The number of hydrogen-bond acceptors (Lipinski definition) is 0. The SMILES string of the molecule is CC1(C)c2ccccc2-c2cc3c(cc21)-c1cc(-c2cccc(-c4c5ccccc5c(-c5ccccc5)c5ccccc45)c2)ccc1C3(C)C. The third-order valence-corrected chi connectivity index (χ3v) is 11.9. The van der Waals surface area contributed by atoms with E-state index in [4.69, 9.17) is 0 Å². The molecule has 0 fully saturated rings. The normalized spacial score (nSPS) is 14.7. The van der Waals surface area contributed by atoms with Gasteiger partial charge in [-0.2, -0.15) is 0 Å². The van der Waals surface area contributed by atoms with Crippen LogP contribution in [-0.4, -0.2) is 0 Å². The summed E-state index contributed by atoms with van der Waals surface area (Å²) in [6.45, 7) is 9.55. The minimum atomic E-state index is -0.0694. The van der Waals surface area contributed by atoms with Gasteiger partial charge in [0.15, 0.2) is 0 Å². The molecular formula is C50H38. The van der Waals surface area contributed by atoms with Crippen LogP contribution in [0.5, 0.6) is 0 Å². The summed E-state index contributed by atoms with van der Waals surface area (Å²) in [7, 11) is 0. The van der Waals surface area contributed by atoms with Crippen molar-refractivity contribution in [2.24, 2.45) is 0 Å². The first-order valence-electron chi connectivity index (χ1n) is 17.9. The smallest absolute Gasteiger partial charge is 0.0159 e. The van der Waals surface area contributed by atoms with Gasteiger partial charge in [-0.3, -0.25) is 0 Å². The van der Waals surface area contributed by atoms with E-state index >= 15 is 0 Å². The lowest BCUT2D eigenvalue weighted by atomic mass is 9.79. The molecule has 0 saturated heterocycles. The molecule has 2 aliphatic carbocycles. The molecule has 0 radical (unpaired) electrons. The first-order chi connectivity index (χ1) is 24.3. The van der Waals surface area contributed by atoms with Crippen molar-refractivity contribution < 1.29 is 0 Å². The van der Waals surface area contributed by atoms with Crippen molar-refractivity contribution in [1.29, 1.82) is 0 Å². The van der Waals surface area contributed by atoms with Gasteiger partial charge >= 0.3 is 0 Å². The summed E-state index contributed by atoms with van der Waals surface area (Å²) >= 11 is 0. The molecule has 2 aliphatic rings.